The molecule has 2 N–H and O–H groups in total. The molecule has 0 unspecified atom stereocenters. The van der Waals surface area contributed by atoms with Crippen molar-refractivity contribution in [2.75, 3.05) is 5.32 Å². The Morgan fingerprint density at radius 2 is 1.70 bits per heavy atom. The van der Waals surface area contributed by atoms with Crippen LogP contribution < -0.4 is 15.4 Å². The second-order valence-electron chi connectivity index (χ2n) is 6.31. The van der Waals surface area contributed by atoms with Gasteiger partial charge < -0.3 is 15.4 Å². The Hall–Kier alpha value is -2.35. The van der Waals surface area contributed by atoms with Crippen molar-refractivity contribution < 1.29 is 18.3 Å². The maximum absolute atomic E-state index is 13.6. The number of halogens is 5. The zero-order valence-corrected chi connectivity index (χ0v) is 18.6. The highest BCUT2D eigenvalue weighted by atomic mass is 79.9. The van der Waals surface area contributed by atoms with Crippen LogP contribution in [0.5, 0.6) is 11.5 Å². The number of anilines is 1. The molecule has 9 heteroatoms. The summed E-state index contributed by atoms with van der Waals surface area (Å²) in [4.78, 5) is 12.1. The van der Waals surface area contributed by atoms with E-state index in [4.69, 9.17) is 27.9 Å². The van der Waals surface area contributed by atoms with Crippen molar-refractivity contribution in [2.45, 2.75) is 13.5 Å². The van der Waals surface area contributed by atoms with Gasteiger partial charge >= 0.3 is 6.03 Å². The van der Waals surface area contributed by atoms with Crippen LogP contribution in [-0.2, 0) is 6.54 Å². The van der Waals surface area contributed by atoms with E-state index in [-0.39, 0.29) is 33.6 Å². The van der Waals surface area contributed by atoms with Gasteiger partial charge in [-0.2, -0.15) is 0 Å². The van der Waals surface area contributed by atoms with Gasteiger partial charge in [-0.3, -0.25) is 0 Å². The number of nitrogens with one attached hydrogen (secondary N) is 2. The molecule has 0 aliphatic carbocycles. The molecule has 0 fully saturated rings. The standard InChI is InChI=1S/C21H15BrCl2F2N2O2/c1-11-5-6-19(14(22)7-11)30-20-15(23)8-12(9-16(20)24)28-21(29)27-10-13-17(25)3-2-4-18(13)26/h2-9H,10H2,1H3,(H2,27,28,29). The van der Waals surface area contributed by atoms with Crippen LogP contribution in [0.2, 0.25) is 10.0 Å². The Morgan fingerprint density at radius 1 is 1.07 bits per heavy atom. The van der Waals surface area contributed by atoms with E-state index in [1.54, 1.807) is 6.07 Å². The topological polar surface area (TPSA) is 50.4 Å². The van der Waals surface area contributed by atoms with Gasteiger partial charge in [-0.15, -0.1) is 0 Å². The van der Waals surface area contributed by atoms with Crippen LogP contribution in [0.1, 0.15) is 11.1 Å². The van der Waals surface area contributed by atoms with Gasteiger partial charge in [-0.1, -0.05) is 35.3 Å². The Bertz CT molecular complexity index is 1070. The van der Waals surface area contributed by atoms with Gasteiger partial charge in [0.15, 0.2) is 5.75 Å². The van der Waals surface area contributed by atoms with Gasteiger partial charge in [-0.05, 0) is 64.8 Å². The number of aryl methyl sites for hydroxylation is 1. The van der Waals surface area contributed by atoms with E-state index in [0.29, 0.717) is 5.75 Å². The van der Waals surface area contributed by atoms with Gasteiger partial charge in [0, 0.05) is 11.3 Å². The molecule has 2 amide bonds. The number of hydrogen-bond acceptors (Lipinski definition) is 2. The fourth-order valence-electron chi connectivity index (χ4n) is 2.57. The third-order valence-electron chi connectivity index (χ3n) is 4.04. The van der Waals surface area contributed by atoms with Gasteiger partial charge in [0.05, 0.1) is 21.1 Å². The van der Waals surface area contributed by atoms with Gasteiger partial charge in [0.2, 0.25) is 0 Å². The third-order valence-corrected chi connectivity index (χ3v) is 5.22. The maximum Gasteiger partial charge on any atom is 0.319 e. The van der Waals surface area contributed by atoms with Gasteiger partial charge in [0.25, 0.3) is 0 Å². The molecule has 3 rings (SSSR count). The number of rotatable bonds is 5. The van der Waals surface area contributed by atoms with Crippen LogP contribution in [-0.4, -0.2) is 6.03 Å². The molecule has 0 saturated carbocycles. The normalized spacial score (nSPS) is 10.6. The SMILES string of the molecule is Cc1ccc(Oc2c(Cl)cc(NC(=O)NCc3c(F)cccc3F)cc2Cl)c(Br)c1. The van der Waals surface area contributed by atoms with Crippen molar-refractivity contribution in [1.29, 1.82) is 0 Å². The number of urea groups is 1. The van der Waals surface area contributed by atoms with Crippen molar-refractivity contribution >= 4 is 50.9 Å². The lowest BCUT2D eigenvalue weighted by Gasteiger charge is -2.14. The summed E-state index contributed by atoms with van der Waals surface area (Å²) in [5, 5.41) is 5.24. The molecule has 30 heavy (non-hydrogen) atoms. The first kappa shape index (κ1) is 22.3. The molecule has 3 aromatic carbocycles. The van der Waals surface area contributed by atoms with E-state index in [0.717, 1.165) is 22.2 Å². The highest BCUT2D eigenvalue weighted by molar-refractivity contribution is 9.10. The molecular formula is C21H15BrCl2F2N2O2. The lowest BCUT2D eigenvalue weighted by atomic mass is 10.2. The van der Waals surface area contributed by atoms with Crippen LogP contribution in [0.25, 0.3) is 0 Å². The number of hydrogen-bond donors (Lipinski definition) is 2. The van der Waals surface area contributed by atoms with Crippen LogP contribution in [0.4, 0.5) is 19.3 Å². The second kappa shape index (κ2) is 9.64. The van der Waals surface area contributed by atoms with Crippen molar-refractivity contribution in [3.05, 3.63) is 85.8 Å². The average Bonchev–Trinajstić information content (AvgIpc) is 2.66. The second-order valence-corrected chi connectivity index (χ2v) is 7.98. The van der Waals surface area contributed by atoms with E-state index in [1.807, 2.05) is 19.1 Å². The van der Waals surface area contributed by atoms with E-state index < -0.39 is 17.7 Å². The van der Waals surface area contributed by atoms with Crippen LogP contribution >= 0.6 is 39.1 Å². The summed E-state index contributed by atoms with van der Waals surface area (Å²) in [5.74, 6) is -0.743. The van der Waals surface area contributed by atoms with E-state index in [2.05, 4.69) is 26.6 Å². The Balaban J connectivity index is 1.69. The van der Waals surface area contributed by atoms with Gasteiger partial charge in [-0.25, -0.2) is 13.6 Å². The summed E-state index contributed by atoms with van der Waals surface area (Å²) in [6.07, 6.45) is 0. The summed E-state index contributed by atoms with van der Waals surface area (Å²) < 4.78 is 33.8. The average molecular weight is 516 g/mol. The Kier molecular flexibility index (Phi) is 7.18. The Morgan fingerprint density at radius 3 is 2.30 bits per heavy atom. The number of ether oxygens (including phenoxy) is 1. The monoisotopic (exact) mass is 514 g/mol. The third kappa shape index (κ3) is 5.41. The largest absolute Gasteiger partial charge is 0.453 e. The van der Waals surface area contributed by atoms with Crippen molar-refractivity contribution in [3.63, 3.8) is 0 Å². The van der Waals surface area contributed by atoms with E-state index >= 15 is 0 Å². The molecule has 0 heterocycles. The molecule has 0 bridgehead atoms. The molecule has 0 aliphatic rings. The van der Waals surface area contributed by atoms with Gasteiger partial charge in [0.1, 0.15) is 17.4 Å². The van der Waals surface area contributed by atoms with Crippen LogP contribution in [0.3, 0.4) is 0 Å². The minimum atomic E-state index is -0.745. The number of amides is 2. The highest BCUT2D eigenvalue weighted by Crippen LogP contribution is 2.40. The molecule has 4 nitrogen and oxygen atoms in total. The maximum atomic E-state index is 13.6. The minimum Gasteiger partial charge on any atom is -0.453 e. The summed E-state index contributed by atoms with van der Waals surface area (Å²) in [6, 6.07) is 11.2. The van der Waals surface area contributed by atoms with Crippen molar-refractivity contribution in [2.24, 2.45) is 0 Å². The molecule has 0 radical (unpaired) electrons. The molecule has 0 atom stereocenters. The number of carbonyl (C=O) groups excluding carboxylic acids is 1. The van der Waals surface area contributed by atoms with Crippen molar-refractivity contribution in [1.82, 2.24) is 5.32 Å². The molecule has 156 valence electrons. The highest BCUT2D eigenvalue weighted by Gasteiger charge is 2.15. The summed E-state index contributed by atoms with van der Waals surface area (Å²) >= 11 is 16.0. The summed E-state index contributed by atoms with van der Waals surface area (Å²) in [6.45, 7) is 1.62. The smallest absolute Gasteiger partial charge is 0.319 e. The Labute approximate surface area is 190 Å². The zero-order valence-electron chi connectivity index (χ0n) is 15.5. The molecule has 0 spiro atoms. The van der Waals surface area contributed by atoms with Crippen LogP contribution in [0.15, 0.2) is 53.0 Å². The molecule has 0 aromatic heterocycles. The molecule has 3 aromatic rings. The van der Waals surface area contributed by atoms with Crippen LogP contribution in [0, 0.1) is 18.6 Å². The molecular weight excluding hydrogens is 501 g/mol. The first-order chi connectivity index (χ1) is 14.2. The minimum absolute atomic E-state index is 0.172. The number of benzene rings is 3. The molecule has 0 saturated heterocycles. The predicted molar refractivity (Wildman–Crippen MR) is 118 cm³/mol. The lowest BCUT2D eigenvalue weighted by Crippen LogP contribution is -2.29. The first-order valence-electron chi connectivity index (χ1n) is 8.65. The number of carbonyl (C=O) groups is 1. The first-order valence-corrected chi connectivity index (χ1v) is 10.2. The lowest BCUT2D eigenvalue weighted by molar-refractivity contribution is 0.251. The zero-order chi connectivity index (χ0) is 21.8. The fourth-order valence-corrected chi connectivity index (χ4v) is 3.71. The summed E-state index contributed by atoms with van der Waals surface area (Å²) in [7, 11) is 0. The quantitative estimate of drug-likeness (QED) is 0.370. The summed E-state index contributed by atoms with van der Waals surface area (Å²) in [5.41, 5.74) is 1.09. The van der Waals surface area contributed by atoms with E-state index in [9.17, 15) is 13.6 Å². The predicted octanol–water partition coefficient (Wildman–Crippen LogP) is 7.46. The molecule has 0 aliphatic heterocycles. The van der Waals surface area contributed by atoms with Crippen molar-refractivity contribution in [3.8, 4) is 11.5 Å². The van der Waals surface area contributed by atoms with E-state index in [1.165, 1.54) is 18.2 Å². The fraction of sp³-hybridized carbons (Fsp3) is 0.0952.